The van der Waals surface area contributed by atoms with Gasteiger partial charge in [0.2, 0.25) is 0 Å². The predicted molar refractivity (Wildman–Crippen MR) is 119 cm³/mol. The Balaban J connectivity index is 2.10. The average Bonchev–Trinajstić information content (AvgIpc) is 3.01. The van der Waals surface area contributed by atoms with Crippen LogP contribution in [0, 0.1) is 13.8 Å². The summed E-state index contributed by atoms with van der Waals surface area (Å²) in [5, 5.41) is 11.1. The molecule has 6 heteroatoms. The van der Waals surface area contributed by atoms with E-state index in [2.05, 4.69) is 0 Å². The molecule has 0 spiro atoms. The molecule has 1 aliphatic heterocycles. The zero-order chi connectivity index (χ0) is 22.5. The van der Waals surface area contributed by atoms with Crippen LogP contribution < -0.4 is 4.74 Å². The van der Waals surface area contributed by atoms with Gasteiger partial charge in [-0.3, -0.25) is 9.59 Å². The Labute approximate surface area is 183 Å². The highest BCUT2D eigenvalue weighted by molar-refractivity contribution is 6.46. The molecule has 1 saturated heterocycles. The van der Waals surface area contributed by atoms with Crippen LogP contribution in [0.5, 0.6) is 5.75 Å². The molecule has 1 fully saturated rings. The summed E-state index contributed by atoms with van der Waals surface area (Å²) in [4.78, 5) is 27.4. The second kappa shape index (κ2) is 9.79. The van der Waals surface area contributed by atoms with Crippen molar-refractivity contribution >= 4 is 17.4 Å². The molecule has 1 aliphatic rings. The number of aliphatic hydroxyl groups is 1. The minimum atomic E-state index is -0.674. The molecular weight excluding hydrogens is 394 g/mol. The number of benzene rings is 2. The zero-order valence-electron chi connectivity index (χ0n) is 18.5. The number of Topliss-reactive ketones (excluding diaryl/α,β-unsaturated/α-hetero) is 1. The lowest BCUT2D eigenvalue weighted by Crippen LogP contribution is -2.31. The maximum Gasteiger partial charge on any atom is 0.295 e. The van der Waals surface area contributed by atoms with E-state index < -0.39 is 17.7 Å². The number of ketones is 1. The van der Waals surface area contributed by atoms with Crippen molar-refractivity contribution in [3.05, 3.63) is 70.3 Å². The molecule has 0 radical (unpaired) electrons. The van der Waals surface area contributed by atoms with Crippen molar-refractivity contribution in [2.45, 2.75) is 33.2 Å². The van der Waals surface area contributed by atoms with Gasteiger partial charge in [-0.15, -0.1) is 0 Å². The van der Waals surface area contributed by atoms with Crippen molar-refractivity contribution in [2.75, 3.05) is 26.9 Å². The molecule has 0 saturated carbocycles. The van der Waals surface area contributed by atoms with Gasteiger partial charge in [0.15, 0.2) is 0 Å². The van der Waals surface area contributed by atoms with Gasteiger partial charge in [-0.2, -0.15) is 0 Å². The van der Waals surface area contributed by atoms with E-state index in [4.69, 9.17) is 9.47 Å². The Kier molecular flexibility index (Phi) is 7.13. The van der Waals surface area contributed by atoms with Gasteiger partial charge in [-0.25, -0.2) is 0 Å². The van der Waals surface area contributed by atoms with Crippen LogP contribution in [0.4, 0.5) is 0 Å². The Hall–Kier alpha value is -3.12. The van der Waals surface area contributed by atoms with Crippen LogP contribution in [-0.4, -0.2) is 48.6 Å². The number of rotatable bonds is 8. The van der Waals surface area contributed by atoms with Gasteiger partial charge < -0.3 is 19.5 Å². The fourth-order valence-electron chi connectivity index (χ4n) is 3.79. The Morgan fingerprint density at radius 2 is 1.77 bits per heavy atom. The lowest BCUT2D eigenvalue weighted by atomic mass is 9.94. The van der Waals surface area contributed by atoms with Crippen LogP contribution >= 0.6 is 0 Å². The highest BCUT2D eigenvalue weighted by Crippen LogP contribution is 2.40. The third-order valence-electron chi connectivity index (χ3n) is 5.57. The van der Waals surface area contributed by atoms with E-state index >= 15 is 0 Å². The summed E-state index contributed by atoms with van der Waals surface area (Å²) in [7, 11) is 1.60. The molecule has 31 heavy (non-hydrogen) atoms. The molecule has 1 heterocycles. The molecule has 0 bridgehead atoms. The Morgan fingerprint density at radius 1 is 1.06 bits per heavy atom. The third kappa shape index (κ3) is 4.64. The fourth-order valence-corrected chi connectivity index (χ4v) is 3.79. The summed E-state index contributed by atoms with van der Waals surface area (Å²) >= 11 is 0. The summed E-state index contributed by atoms with van der Waals surface area (Å²) in [6, 6.07) is 12.1. The summed E-state index contributed by atoms with van der Waals surface area (Å²) in [5.74, 6) is -0.737. The molecule has 1 N–H and O–H groups in total. The van der Waals surface area contributed by atoms with Gasteiger partial charge in [-0.05, 0) is 62.1 Å². The highest BCUT2D eigenvalue weighted by Gasteiger charge is 2.45. The average molecular weight is 424 g/mol. The van der Waals surface area contributed by atoms with Crippen molar-refractivity contribution in [2.24, 2.45) is 0 Å². The maximum absolute atomic E-state index is 13.0. The topological polar surface area (TPSA) is 76.1 Å². The predicted octanol–water partition coefficient (Wildman–Crippen LogP) is 4.16. The van der Waals surface area contributed by atoms with E-state index in [1.807, 2.05) is 57.2 Å². The SMILES string of the molecule is CCOc1ccc(C2/C(=C(/O)c3ccc(C)c(C)c3)C(=O)C(=O)N2CCCOC)cc1. The second-order valence-corrected chi connectivity index (χ2v) is 7.64. The number of aliphatic hydroxyl groups excluding tert-OH is 1. The molecule has 2 aromatic carbocycles. The van der Waals surface area contributed by atoms with Gasteiger partial charge in [0.05, 0.1) is 18.2 Å². The van der Waals surface area contributed by atoms with E-state index in [9.17, 15) is 14.7 Å². The summed E-state index contributed by atoms with van der Waals surface area (Å²) in [6.45, 7) is 7.19. The lowest BCUT2D eigenvalue weighted by molar-refractivity contribution is -0.140. The lowest BCUT2D eigenvalue weighted by Gasteiger charge is -2.25. The maximum atomic E-state index is 13.0. The summed E-state index contributed by atoms with van der Waals surface area (Å²) < 4.78 is 10.6. The number of ether oxygens (including phenoxy) is 2. The standard InChI is InChI=1S/C25H29NO5/c1-5-31-20-11-9-18(10-12-20)22-21(23(27)19-8-7-16(2)17(3)15-19)24(28)25(29)26(22)13-6-14-30-4/h7-12,15,22,27H,5-6,13-14H2,1-4H3/b23-21-. The molecular formula is C25H29NO5. The number of aryl methyl sites for hydroxylation is 2. The number of hydrogen-bond acceptors (Lipinski definition) is 5. The largest absolute Gasteiger partial charge is 0.507 e. The molecule has 0 aliphatic carbocycles. The van der Waals surface area contributed by atoms with Crippen LogP contribution in [0.1, 0.15) is 41.6 Å². The number of hydrogen-bond donors (Lipinski definition) is 1. The van der Waals surface area contributed by atoms with Gasteiger partial charge in [0.25, 0.3) is 11.7 Å². The van der Waals surface area contributed by atoms with Gasteiger partial charge >= 0.3 is 0 Å². The first-order valence-electron chi connectivity index (χ1n) is 10.5. The van der Waals surface area contributed by atoms with Gasteiger partial charge in [-0.1, -0.05) is 24.3 Å². The van der Waals surface area contributed by atoms with Gasteiger partial charge in [0.1, 0.15) is 11.5 Å². The summed E-state index contributed by atoms with van der Waals surface area (Å²) in [6.07, 6.45) is 0.584. The molecule has 1 atom stereocenters. The van der Waals surface area contributed by atoms with E-state index in [-0.39, 0.29) is 11.3 Å². The number of carbonyl (C=O) groups excluding carboxylic acids is 2. The van der Waals surface area contributed by atoms with Crippen molar-refractivity contribution in [3.63, 3.8) is 0 Å². The Morgan fingerprint density at radius 3 is 2.39 bits per heavy atom. The minimum absolute atomic E-state index is 0.106. The van der Waals surface area contributed by atoms with Crippen molar-refractivity contribution in [3.8, 4) is 5.75 Å². The molecule has 1 amide bonds. The van der Waals surface area contributed by atoms with Crippen molar-refractivity contribution in [1.82, 2.24) is 4.90 Å². The molecule has 2 aromatic rings. The van der Waals surface area contributed by atoms with E-state index in [0.29, 0.717) is 37.5 Å². The van der Waals surface area contributed by atoms with E-state index in [1.54, 1.807) is 13.2 Å². The zero-order valence-corrected chi connectivity index (χ0v) is 18.5. The molecule has 164 valence electrons. The number of amides is 1. The second-order valence-electron chi connectivity index (χ2n) is 7.64. The van der Waals surface area contributed by atoms with E-state index in [0.717, 1.165) is 16.7 Å². The van der Waals surface area contributed by atoms with Crippen LogP contribution in [0.15, 0.2) is 48.0 Å². The highest BCUT2D eigenvalue weighted by atomic mass is 16.5. The third-order valence-corrected chi connectivity index (χ3v) is 5.57. The number of carbonyl (C=O) groups is 2. The van der Waals surface area contributed by atoms with Crippen molar-refractivity contribution in [1.29, 1.82) is 0 Å². The Bertz CT molecular complexity index is 993. The first-order chi connectivity index (χ1) is 14.9. The van der Waals surface area contributed by atoms with Crippen LogP contribution in [0.25, 0.3) is 5.76 Å². The monoisotopic (exact) mass is 423 g/mol. The normalized spacial score (nSPS) is 17.9. The first-order valence-corrected chi connectivity index (χ1v) is 10.5. The van der Waals surface area contributed by atoms with Gasteiger partial charge in [0, 0.05) is 25.8 Å². The van der Waals surface area contributed by atoms with E-state index in [1.165, 1.54) is 4.90 Å². The molecule has 1 unspecified atom stereocenters. The van der Waals surface area contributed by atoms with Crippen LogP contribution in [0.3, 0.4) is 0 Å². The fraction of sp³-hybridized carbons (Fsp3) is 0.360. The van der Waals surface area contributed by atoms with Crippen LogP contribution in [0.2, 0.25) is 0 Å². The molecule has 0 aromatic heterocycles. The number of likely N-dealkylation sites (tertiary alicyclic amines) is 1. The van der Waals surface area contributed by atoms with Crippen molar-refractivity contribution < 1.29 is 24.2 Å². The first kappa shape index (κ1) is 22.6. The molecule has 6 nitrogen and oxygen atoms in total. The molecule has 3 rings (SSSR count). The smallest absolute Gasteiger partial charge is 0.295 e. The minimum Gasteiger partial charge on any atom is -0.507 e. The number of methoxy groups -OCH3 is 1. The van der Waals surface area contributed by atoms with Crippen LogP contribution in [-0.2, 0) is 14.3 Å². The quantitative estimate of drug-likeness (QED) is 0.299. The number of nitrogens with zero attached hydrogens (tertiary/aromatic N) is 1. The summed E-state index contributed by atoms with van der Waals surface area (Å²) in [5.41, 5.74) is 3.45.